The number of methoxy groups -OCH3 is 1. The average molecular weight is 332 g/mol. The highest BCUT2D eigenvalue weighted by molar-refractivity contribution is 5.27. The van der Waals surface area contributed by atoms with Crippen molar-refractivity contribution in [2.75, 3.05) is 39.8 Å². The van der Waals surface area contributed by atoms with Crippen LogP contribution in [-0.4, -0.2) is 72.2 Å². The van der Waals surface area contributed by atoms with Gasteiger partial charge in [0.1, 0.15) is 5.75 Å². The number of fused-ring (bicyclic) bond motifs is 1. The second-order valence-corrected chi connectivity index (χ2v) is 8.27. The molecule has 1 aromatic carbocycles. The van der Waals surface area contributed by atoms with E-state index in [-0.39, 0.29) is 5.54 Å². The van der Waals surface area contributed by atoms with Crippen LogP contribution in [0.2, 0.25) is 0 Å². The van der Waals surface area contributed by atoms with Crippen molar-refractivity contribution in [1.29, 1.82) is 0 Å². The Morgan fingerprint density at radius 2 is 1.83 bits per heavy atom. The largest absolute Gasteiger partial charge is 0.497 e. The summed E-state index contributed by atoms with van der Waals surface area (Å²) in [4.78, 5) is 8.01. The number of piperazine rings is 2. The zero-order chi connectivity index (χ0) is 17.3. The van der Waals surface area contributed by atoms with Crippen molar-refractivity contribution in [3.05, 3.63) is 29.8 Å². The Morgan fingerprint density at radius 1 is 1.12 bits per heavy atom. The van der Waals surface area contributed by atoms with Crippen molar-refractivity contribution in [3.8, 4) is 5.75 Å². The quantitative estimate of drug-likeness (QED) is 0.844. The van der Waals surface area contributed by atoms with Gasteiger partial charge in [0, 0.05) is 56.9 Å². The molecule has 2 aliphatic heterocycles. The Kier molecular flexibility index (Phi) is 5.19. The van der Waals surface area contributed by atoms with Crippen molar-refractivity contribution in [2.24, 2.45) is 0 Å². The Balaban J connectivity index is 1.69. The van der Waals surface area contributed by atoms with Gasteiger partial charge in [0.2, 0.25) is 0 Å². The third-order valence-corrected chi connectivity index (χ3v) is 5.67. The normalized spacial score (nSPS) is 25.7. The summed E-state index contributed by atoms with van der Waals surface area (Å²) in [6.45, 7) is 16.4. The predicted molar refractivity (Wildman–Crippen MR) is 99.6 cm³/mol. The summed E-state index contributed by atoms with van der Waals surface area (Å²) in [6.07, 6.45) is 0. The summed E-state index contributed by atoms with van der Waals surface area (Å²) in [5.74, 6) is 0.934. The van der Waals surface area contributed by atoms with Crippen LogP contribution in [0.3, 0.4) is 0 Å². The van der Waals surface area contributed by atoms with Gasteiger partial charge in [0.25, 0.3) is 0 Å². The van der Waals surface area contributed by atoms with E-state index in [2.05, 4.69) is 66.7 Å². The number of benzene rings is 1. The first-order valence-corrected chi connectivity index (χ1v) is 9.25. The fourth-order valence-corrected chi connectivity index (χ4v) is 4.41. The Labute approximate surface area is 147 Å². The summed E-state index contributed by atoms with van der Waals surface area (Å²) in [5.41, 5.74) is 1.62. The molecule has 2 aliphatic rings. The van der Waals surface area contributed by atoms with E-state index < -0.39 is 0 Å². The van der Waals surface area contributed by atoms with E-state index in [0.717, 1.165) is 18.8 Å². The van der Waals surface area contributed by atoms with Crippen molar-refractivity contribution in [3.63, 3.8) is 0 Å². The predicted octanol–water partition coefficient (Wildman–Crippen LogP) is 2.68. The Bertz CT molecular complexity index is 540. The molecule has 1 aromatic rings. The van der Waals surface area contributed by atoms with Crippen LogP contribution in [0.25, 0.3) is 0 Å². The van der Waals surface area contributed by atoms with Crippen LogP contribution in [0, 0.1) is 0 Å². The van der Waals surface area contributed by atoms with Gasteiger partial charge in [-0.25, -0.2) is 0 Å². The van der Waals surface area contributed by atoms with E-state index in [1.807, 2.05) is 0 Å². The van der Waals surface area contributed by atoms with Gasteiger partial charge in [-0.15, -0.1) is 0 Å². The maximum absolute atomic E-state index is 5.27. The molecule has 0 radical (unpaired) electrons. The first-order chi connectivity index (χ1) is 11.4. The number of ether oxygens (including phenoxy) is 1. The van der Waals surface area contributed by atoms with Crippen molar-refractivity contribution >= 4 is 0 Å². The molecular weight excluding hydrogens is 298 g/mol. The third-order valence-electron chi connectivity index (χ3n) is 5.67. The van der Waals surface area contributed by atoms with E-state index in [1.165, 1.54) is 31.7 Å². The lowest BCUT2D eigenvalue weighted by atomic mass is 9.92. The fourth-order valence-electron chi connectivity index (χ4n) is 4.41. The van der Waals surface area contributed by atoms with Crippen LogP contribution in [0.1, 0.15) is 33.3 Å². The van der Waals surface area contributed by atoms with Crippen molar-refractivity contribution in [2.45, 2.75) is 51.9 Å². The molecule has 4 heteroatoms. The number of hydrogen-bond donors (Lipinski definition) is 0. The molecule has 134 valence electrons. The molecule has 0 N–H and O–H groups in total. The third kappa shape index (κ3) is 3.76. The van der Waals surface area contributed by atoms with E-state index >= 15 is 0 Å². The summed E-state index contributed by atoms with van der Waals surface area (Å²) >= 11 is 0. The zero-order valence-electron chi connectivity index (χ0n) is 16.0. The van der Waals surface area contributed by atoms with Gasteiger partial charge in [0.15, 0.2) is 0 Å². The summed E-state index contributed by atoms with van der Waals surface area (Å²) in [7, 11) is 1.72. The van der Waals surface area contributed by atoms with E-state index in [4.69, 9.17) is 4.74 Å². The molecule has 1 atom stereocenters. The Hall–Kier alpha value is -1.10. The average Bonchev–Trinajstić information content (AvgIpc) is 2.54. The minimum atomic E-state index is 0.248. The van der Waals surface area contributed by atoms with Crippen LogP contribution >= 0.6 is 0 Å². The first-order valence-electron chi connectivity index (χ1n) is 9.25. The maximum atomic E-state index is 5.27. The van der Waals surface area contributed by atoms with Gasteiger partial charge in [-0.1, -0.05) is 12.1 Å². The minimum absolute atomic E-state index is 0.248. The standard InChI is InChI=1S/C20H33N3O/c1-16(2)22-10-11-23-18(14-22)13-21(15-20(23,3)4)12-17-6-8-19(24-5)9-7-17/h6-9,16,18H,10-15H2,1-5H3. The highest BCUT2D eigenvalue weighted by atomic mass is 16.5. The molecule has 0 aliphatic carbocycles. The smallest absolute Gasteiger partial charge is 0.118 e. The molecule has 24 heavy (non-hydrogen) atoms. The second kappa shape index (κ2) is 7.03. The molecule has 2 heterocycles. The number of rotatable bonds is 4. The molecule has 3 rings (SSSR count). The van der Waals surface area contributed by atoms with Crippen LogP contribution < -0.4 is 4.74 Å². The number of nitrogens with zero attached hydrogens (tertiary/aromatic N) is 3. The van der Waals surface area contributed by atoms with Crippen LogP contribution in [0.4, 0.5) is 0 Å². The van der Waals surface area contributed by atoms with Crippen molar-refractivity contribution in [1.82, 2.24) is 14.7 Å². The highest BCUT2D eigenvalue weighted by Gasteiger charge is 2.42. The molecule has 4 nitrogen and oxygen atoms in total. The molecule has 0 bridgehead atoms. The lowest BCUT2D eigenvalue weighted by Crippen LogP contribution is -2.69. The molecular formula is C20H33N3O. The van der Waals surface area contributed by atoms with E-state index in [0.29, 0.717) is 12.1 Å². The molecule has 1 unspecified atom stereocenters. The van der Waals surface area contributed by atoms with Crippen molar-refractivity contribution < 1.29 is 4.74 Å². The molecule has 2 saturated heterocycles. The van der Waals surface area contributed by atoms with Gasteiger partial charge in [-0.2, -0.15) is 0 Å². The highest BCUT2D eigenvalue weighted by Crippen LogP contribution is 2.29. The van der Waals surface area contributed by atoms with E-state index in [9.17, 15) is 0 Å². The van der Waals surface area contributed by atoms with Gasteiger partial charge in [-0.3, -0.25) is 14.7 Å². The zero-order valence-corrected chi connectivity index (χ0v) is 16.0. The summed E-state index contributed by atoms with van der Waals surface area (Å²) in [6, 6.07) is 9.81. The first kappa shape index (κ1) is 17.7. The molecule has 0 spiro atoms. The maximum Gasteiger partial charge on any atom is 0.118 e. The lowest BCUT2D eigenvalue weighted by Gasteiger charge is -2.56. The van der Waals surface area contributed by atoms with Crippen LogP contribution in [0.5, 0.6) is 5.75 Å². The summed E-state index contributed by atoms with van der Waals surface area (Å²) in [5, 5.41) is 0. The molecule has 0 aromatic heterocycles. The fraction of sp³-hybridized carbons (Fsp3) is 0.700. The minimum Gasteiger partial charge on any atom is -0.497 e. The monoisotopic (exact) mass is 331 g/mol. The van der Waals surface area contributed by atoms with Crippen LogP contribution in [-0.2, 0) is 6.54 Å². The lowest BCUT2D eigenvalue weighted by molar-refractivity contribution is -0.0721. The molecule has 0 amide bonds. The number of hydrogen-bond acceptors (Lipinski definition) is 4. The second-order valence-electron chi connectivity index (χ2n) is 8.27. The Morgan fingerprint density at radius 3 is 2.46 bits per heavy atom. The topological polar surface area (TPSA) is 19.0 Å². The van der Waals surface area contributed by atoms with Gasteiger partial charge in [-0.05, 0) is 45.4 Å². The molecule has 0 saturated carbocycles. The van der Waals surface area contributed by atoms with Gasteiger partial charge < -0.3 is 4.74 Å². The van der Waals surface area contributed by atoms with E-state index in [1.54, 1.807) is 7.11 Å². The van der Waals surface area contributed by atoms with Gasteiger partial charge >= 0.3 is 0 Å². The van der Waals surface area contributed by atoms with Crippen LogP contribution in [0.15, 0.2) is 24.3 Å². The summed E-state index contributed by atoms with van der Waals surface area (Å²) < 4.78 is 5.27. The van der Waals surface area contributed by atoms with Gasteiger partial charge in [0.05, 0.1) is 7.11 Å². The molecule has 2 fully saturated rings. The SMILES string of the molecule is COc1ccc(CN2CC3CN(C(C)C)CCN3C(C)(C)C2)cc1.